The number of carbonyl (C=O) groups excluding carboxylic acids is 2. The summed E-state index contributed by atoms with van der Waals surface area (Å²) in [6.07, 6.45) is 13.5. The number of allylic oxidation sites excluding steroid dienone is 4. The molecule has 0 aromatic carbocycles. The number of rotatable bonds is 2. The third-order valence-electron chi connectivity index (χ3n) is 3.39. The second-order valence-corrected chi connectivity index (χ2v) is 4.16. The number of carbonyl (C=O) groups is 2. The van der Waals surface area contributed by atoms with Gasteiger partial charge < -0.3 is 9.47 Å². The summed E-state index contributed by atoms with van der Waals surface area (Å²) in [5.74, 6) is -0.983. The summed E-state index contributed by atoms with van der Waals surface area (Å²) in [7, 11) is 2.61. The second-order valence-electron chi connectivity index (χ2n) is 4.16. The first-order chi connectivity index (χ1) is 8.63. The number of hydrogen-bond donors (Lipinski definition) is 0. The van der Waals surface area contributed by atoms with Crippen LogP contribution in [0.2, 0.25) is 0 Å². The van der Waals surface area contributed by atoms with Crippen LogP contribution >= 0.6 is 0 Å². The van der Waals surface area contributed by atoms with Crippen LogP contribution in [-0.4, -0.2) is 26.2 Å². The molecule has 4 nitrogen and oxygen atoms in total. The van der Waals surface area contributed by atoms with E-state index in [1.54, 1.807) is 48.6 Å². The van der Waals surface area contributed by atoms with Crippen molar-refractivity contribution in [2.24, 2.45) is 10.8 Å². The van der Waals surface area contributed by atoms with Crippen molar-refractivity contribution < 1.29 is 19.1 Å². The van der Waals surface area contributed by atoms with Gasteiger partial charge in [0.2, 0.25) is 0 Å². The minimum atomic E-state index is -1.17. The minimum absolute atomic E-state index is 0.492. The summed E-state index contributed by atoms with van der Waals surface area (Å²) >= 11 is 0. The predicted octanol–water partition coefficient (Wildman–Crippen LogP) is 1.56. The van der Waals surface area contributed by atoms with Crippen LogP contribution in [0.1, 0.15) is 0 Å². The Balaban J connectivity index is 2.65. The Kier molecular flexibility index (Phi) is 2.95. The maximum absolute atomic E-state index is 12.1. The Bertz CT molecular complexity index is 424. The Morgan fingerprint density at radius 1 is 0.722 bits per heavy atom. The largest absolute Gasteiger partial charge is 0.468 e. The first kappa shape index (κ1) is 12.4. The first-order valence-corrected chi connectivity index (χ1v) is 5.54. The van der Waals surface area contributed by atoms with Crippen molar-refractivity contribution in [3.05, 3.63) is 48.6 Å². The predicted molar refractivity (Wildman–Crippen MR) is 65.5 cm³/mol. The van der Waals surface area contributed by atoms with Crippen LogP contribution in [0.25, 0.3) is 0 Å². The molecule has 2 rings (SSSR count). The fraction of sp³-hybridized carbons (Fsp3) is 0.286. The second kappa shape index (κ2) is 4.29. The van der Waals surface area contributed by atoms with Gasteiger partial charge >= 0.3 is 11.9 Å². The molecule has 0 atom stereocenters. The van der Waals surface area contributed by atoms with Gasteiger partial charge in [0, 0.05) is 0 Å². The maximum atomic E-state index is 12.1. The quantitative estimate of drug-likeness (QED) is 0.694. The van der Waals surface area contributed by atoms with Gasteiger partial charge in [-0.2, -0.15) is 0 Å². The molecule has 0 fully saturated rings. The Morgan fingerprint density at radius 3 is 1.22 bits per heavy atom. The SMILES string of the molecule is COC(=O)C12C=CC=CC1(C(=O)OC)C=CC=C2. The number of methoxy groups -OCH3 is 2. The monoisotopic (exact) mass is 246 g/mol. The molecule has 94 valence electrons. The van der Waals surface area contributed by atoms with Crippen molar-refractivity contribution in [3.63, 3.8) is 0 Å². The molecule has 0 unspecified atom stereocenters. The molecule has 0 spiro atoms. The van der Waals surface area contributed by atoms with E-state index in [2.05, 4.69) is 0 Å². The van der Waals surface area contributed by atoms with Crippen LogP contribution in [-0.2, 0) is 19.1 Å². The van der Waals surface area contributed by atoms with Crippen LogP contribution in [0.15, 0.2) is 48.6 Å². The van der Waals surface area contributed by atoms with Crippen LogP contribution in [0, 0.1) is 10.8 Å². The molecule has 0 aromatic rings. The van der Waals surface area contributed by atoms with Gasteiger partial charge in [-0.15, -0.1) is 0 Å². The molecule has 0 N–H and O–H groups in total. The molecule has 18 heavy (non-hydrogen) atoms. The summed E-state index contributed by atoms with van der Waals surface area (Å²) in [6, 6.07) is 0. The highest BCUT2D eigenvalue weighted by Crippen LogP contribution is 2.50. The summed E-state index contributed by atoms with van der Waals surface area (Å²) < 4.78 is 9.71. The maximum Gasteiger partial charge on any atom is 0.321 e. The third-order valence-corrected chi connectivity index (χ3v) is 3.39. The van der Waals surface area contributed by atoms with Gasteiger partial charge in [0.1, 0.15) is 10.8 Å². The van der Waals surface area contributed by atoms with Crippen molar-refractivity contribution >= 4 is 11.9 Å². The van der Waals surface area contributed by atoms with Crippen molar-refractivity contribution in [1.29, 1.82) is 0 Å². The van der Waals surface area contributed by atoms with E-state index in [0.717, 1.165) is 0 Å². The van der Waals surface area contributed by atoms with Crippen LogP contribution < -0.4 is 0 Å². The third kappa shape index (κ3) is 1.38. The molecule has 2 aliphatic rings. The topological polar surface area (TPSA) is 52.6 Å². The van der Waals surface area contributed by atoms with E-state index < -0.39 is 22.8 Å². The number of fused-ring (bicyclic) bond motifs is 1. The molecular formula is C14H14O4. The van der Waals surface area contributed by atoms with Crippen molar-refractivity contribution in [2.75, 3.05) is 14.2 Å². The fourth-order valence-electron chi connectivity index (χ4n) is 2.44. The summed E-state index contributed by atoms with van der Waals surface area (Å²) in [5, 5.41) is 0. The van der Waals surface area contributed by atoms with E-state index in [9.17, 15) is 9.59 Å². The van der Waals surface area contributed by atoms with Gasteiger partial charge in [-0.05, 0) is 0 Å². The normalized spacial score (nSPS) is 31.9. The van der Waals surface area contributed by atoms with Crippen molar-refractivity contribution in [1.82, 2.24) is 0 Å². The highest BCUT2D eigenvalue weighted by molar-refractivity contribution is 5.96. The molecule has 0 aromatic heterocycles. The van der Waals surface area contributed by atoms with E-state index in [4.69, 9.17) is 9.47 Å². The van der Waals surface area contributed by atoms with Gasteiger partial charge in [-0.25, -0.2) is 0 Å². The molecule has 0 aliphatic heterocycles. The summed E-state index contributed by atoms with van der Waals surface area (Å²) in [6.45, 7) is 0. The molecule has 0 amide bonds. The Hall–Kier alpha value is -2.10. The fourth-order valence-corrected chi connectivity index (χ4v) is 2.44. The van der Waals surface area contributed by atoms with Crippen LogP contribution in [0.3, 0.4) is 0 Å². The first-order valence-electron chi connectivity index (χ1n) is 5.54. The highest BCUT2D eigenvalue weighted by Gasteiger charge is 2.58. The number of ether oxygens (including phenoxy) is 2. The minimum Gasteiger partial charge on any atom is -0.468 e. The standard InChI is InChI=1S/C14H14O4/c1-17-11(15)13-7-3-5-9-14(13,12(16)18-2)10-6-4-8-13/h3-10H,1-2H3. The van der Waals surface area contributed by atoms with Gasteiger partial charge in [-0.3, -0.25) is 9.59 Å². The van der Waals surface area contributed by atoms with Gasteiger partial charge in [0.05, 0.1) is 14.2 Å². The van der Waals surface area contributed by atoms with Crippen molar-refractivity contribution in [2.45, 2.75) is 0 Å². The lowest BCUT2D eigenvalue weighted by Gasteiger charge is -2.42. The molecule has 2 aliphatic carbocycles. The van der Waals surface area contributed by atoms with Gasteiger partial charge in [0.15, 0.2) is 0 Å². The highest BCUT2D eigenvalue weighted by atomic mass is 16.5. The average Bonchev–Trinajstić information content (AvgIpc) is 2.44. The Morgan fingerprint density at radius 2 is 1.00 bits per heavy atom. The molecule has 0 bridgehead atoms. The zero-order valence-electron chi connectivity index (χ0n) is 10.3. The molecule has 0 heterocycles. The number of hydrogen-bond acceptors (Lipinski definition) is 4. The van der Waals surface area contributed by atoms with Crippen molar-refractivity contribution in [3.8, 4) is 0 Å². The molecule has 4 heteroatoms. The molecule has 0 saturated heterocycles. The van der Waals surface area contributed by atoms with Crippen LogP contribution in [0.5, 0.6) is 0 Å². The molecule has 0 radical (unpaired) electrons. The van der Waals surface area contributed by atoms with E-state index in [1.165, 1.54) is 14.2 Å². The van der Waals surface area contributed by atoms with E-state index in [-0.39, 0.29) is 0 Å². The lowest BCUT2D eigenvalue weighted by atomic mass is 9.59. The van der Waals surface area contributed by atoms with Crippen LogP contribution in [0.4, 0.5) is 0 Å². The Labute approximate surface area is 105 Å². The lowest BCUT2D eigenvalue weighted by Crippen LogP contribution is -2.50. The molecule has 0 saturated carbocycles. The van der Waals surface area contributed by atoms with E-state index >= 15 is 0 Å². The average molecular weight is 246 g/mol. The number of esters is 2. The van der Waals surface area contributed by atoms with Gasteiger partial charge in [0.25, 0.3) is 0 Å². The van der Waals surface area contributed by atoms with E-state index in [0.29, 0.717) is 0 Å². The molecular weight excluding hydrogens is 232 g/mol. The zero-order chi connectivity index (χ0) is 13.2. The van der Waals surface area contributed by atoms with Gasteiger partial charge in [-0.1, -0.05) is 48.6 Å². The van der Waals surface area contributed by atoms with E-state index in [1.807, 2.05) is 0 Å². The summed E-state index contributed by atoms with van der Waals surface area (Å²) in [5.41, 5.74) is -2.34. The summed E-state index contributed by atoms with van der Waals surface area (Å²) in [4.78, 5) is 24.3. The zero-order valence-corrected chi connectivity index (χ0v) is 10.3. The smallest absolute Gasteiger partial charge is 0.321 e. The lowest BCUT2D eigenvalue weighted by molar-refractivity contribution is -0.162.